The average Bonchev–Trinajstić information content (AvgIpc) is 2.47. The summed E-state index contributed by atoms with van der Waals surface area (Å²) in [7, 11) is 1.58. The highest BCUT2D eigenvalue weighted by molar-refractivity contribution is 5.93. The van der Waals surface area contributed by atoms with Crippen molar-refractivity contribution in [3.8, 4) is 5.75 Å². The molecule has 0 saturated carbocycles. The fourth-order valence-electron chi connectivity index (χ4n) is 1.69. The number of ether oxygens (including phenoxy) is 2. The molecule has 1 amide bonds. The summed E-state index contributed by atoms with van der Waals surface area (Å²) >= 11 is 0. The predicted octanol–water partition coefficient (Wildman–Crippen LogP) is 2.04. The number of rotatable bonds is 10. The fourth-order valence-corrected chi connectivity index (χ4v) is 1.69. The smallest absolute Gasteiger partial charge is 0.238 e. The molecule has 5 nitrogen and oxygen atoms in total. The van der Waals surface area contributed by atoms with Crippen molar-refractivity contribution in [2.75, 3.05) is 38.7 Å². The van der Waals surface area contributed by atoms with Crippen molar-refractivity contribution in [1.82, 2.24) is 5.32 Å². The number of amides is 1. The van der Waals surface area contributed by atoms with Gasteiger partial charge in [0, 0.05) is 13.2 Å². The van der Waals surface area contributed by atoms with Crippen molar-refractivity contribution >= 4 is 11.6 Å². The molecule has 5 heteroatoms. The fraction of sp³-hybridized carbons (Fsp3) is 0.533. The second-order valence-corrected chi connectivity index (χ2v) is 4.39. The molecule has 0 aliphatic carbocycles. The Bertz CT molecular complexity index is 396. The first kappa shape index (κ1) is 16.5. The minimum Gasteiger partial charge on any atom is -0.495 e. The first-order chi connectivity index (χ1) is 9.77. The summed E-state index contributed by atoms with van der Waals surface area (Å²) in [5, 5.41) is 5.90. The topological polar surface area (TPSA) is 59.6 Å². The Morgan fingerprint density at radius 2 is 2.05 bits per heavy atom. The van der Waals surface area contributed by atoms with Crippen LogP contribution in [-0.4, -0.2) is 39.3 Å². The highest BCUT2D eigenvalue weighted by Gasteiger charge is 2.05. The maximum Gasteiger partial charge on any atom is 0.238 e. The van der Waals surface area contributed by atoms with Crippen LogP contribution in [0.2, 0.25) is 0 Å². The lowest BCUT2D eigenvalue weighted by atomic mass is 10.3. The number of hydrogen-bond acceptors (Lipinski definition) is 4. The normalized spacial score (nSPS) is 10.3. The van der Waals surface area contributed by atoms with E-state index >= 15 is 0 Å². The van der Waals surface area contributed by atoms with Crippen LogP contribution in [0.25, 0.3) is 0 Å². The van der Waals surface area contributed by atoms with Crippen LogP contribution in [0.3, 0.4) is 0 Å². The molecule has 0 fully saturated rings. The van der Waals surface area contributed by atoms with E-state index < -0.39 is 0 Å². The van der Waals surface area contributed by atoms with Gasteiger partial charge in [0.2, 0.25) is 5.91 Å². The summed E-state index contributed by atoms with van der Waals surface area (Å²) < 4.78 is 10.5. The largest absolute Gasteiger partial charge is 0.495 e. The quantitative estimate of drug-likeness (QED) is 0.644. The summed E-state index contributed by atoms with van der Waals surface area (Å²) in [6.07, 6.45) is 1.94. The molecule has 20 heavy (non-hydrogen) atoms. The zero-order valence-corrected chi connectivity index (χ0v) is 12.3. The van der Waals surface area contributed by atoms with Crippen LogP contribution in [-0.2, 0) is 9.53 Å². The highest BCUT2D eigenvalue weighted by Crippen LogP contribution is 2.22. The maximum atomic E-state index is 11.8. The third-order valence-electron chi connectivity index (χ3n) is 2.66. The van der Waals surface area contributed by atoms with Crippen molar-refractivity contribution in [1.29, 1.82) is 0 Å². The van der Waals surface area contributed by atoms with Crippen molar-refractivity contribution in [3.63, 3.8) is 0 Å². The van der Waals surface area contributed by atoms with Crippen LogP contribution < -0.4 is 15.4 Å². The third-order valence-corrected chi connectivity index (χ3v) is 2.66. The van der Waals surface area contributed by atoms with E-state index in [4.69, 9.17) is 9.47 Å². The SMILES string of the molecule is CCCOCCCNCC(=O)Nc1ccccc1OC. The van der Waals surface area contributed by atoms with Gasteiger partial charge in [0.05, 0.1) is 19.3 Å². The van der Waals surface area contributed by atoms with Gasteiger partial charge in [-0.3, -0.25) is 4.79 Å². The van der Waals surface area contributed by atoms with E-state index in [1.807, 2.05) is 24.3 Å². The summed E-state index contributed by atoms with van der Waals surface area (Å²) in [6.45, 7) is 4.67. The standard InChI is InChI=1S/C15H24N2O3/c1-3-10-20-11-6-9-16-12-15(18)17-13-7-4-5-8-14(13)19-2/h4-5,7-8,16H,3,6,9-12H2,1-2H3,(H,17,18). The Balaban J connectivity index is 2.17. The van der Waals surface area contributed by atoms with Crippen LogP contribution in [0.1, 0.15) is 19.8 Å². The zero-order valence-electron chi connectivity index (χ0n) is 12.3. The molecular formula is C15H24N2O3. The molecule has 0 atom stereocenters. The minimum atomic E-state index is -0.0797. The lowest BCUT2D eigenvalue weighted by molar-refractivity contribution is -0.115. The third kappa shape index (κ3) is 6.54. The van der Waals surface area contributed by atoms with E-state index in [9.17, 15) is 4.79 Å². The van der Waals surface area contributed by atoms with Gasteiger partial charge < -0.3 is 20.1 Å². The Morgan fingerprint density at radius 1 is 1.25 bits per heavy atom. The molecule has 2 N–H and O–H groups in total. The van der Waals surface area contributed by atoms with E-state index in [0.717, 1.165) is 32.6 Å². The number of para-hydroxylation sites is 2. The Kier molecular flexibility index (Phi) is 8.42. The van der Waals surface area contributed by atoms with Gasteiger partial charge in [-0.1, -0.05) is 19.1 Å². The molecule has 0 heterocycles. The molecule has 1 rings (SSSR count). The van der Waals surface area contributed by atoms with Crippen molar-refractivity contribution < 1.29 is 14.3 Å². The predicted molar refractivity (Wildman–Crippen MR) is 80.2 cm³/mol. The molecule has 0 aliphatic heterocycles. The Labute approximate surface area is 120 Å². The number of nitrogens with one attached hydrogen (secondary N) is 2. The van der Waals surface area contributed by atoms with Gasteiger partial charge in [-0.05, 0) is 31.5 Å². The Hall–Kier alpha value is -1.59. The molecule has 1 aromatic rings. The van der Waals surface area contributed by atoms with Gasteiger partial charge in [-0.15, -0.1) is 0 Å². The number of benzene rings is 1. The molecular weight excluding hydrogens is 256 g/mol. The van der Waals surface area contributed by atoms with Gasteiger partial charge in [-0.25, -0.2) is 0 Å². The van der Waals surface area contributed by atoms with Gasteiger partial charge in [0.15, 0.2) is 0 Å². The minimum absolute atomic E-state index is 0.0797. The first-order valence-corrected chi connectivity index (χ1v) is 6.99. The summed E-state index contributed by atoms with van der Waals surface area (Å²) in [5.74, 6) is 0.581. The summed E-state index contributed by atoms with van der Waals surface area (Å²) in [4.78, 5) is 11.8. The van der Waals surface area contributed by atoms with Crippen LogP contribution >= 0.6 is 0 Å². The molecule has 0 radical (unpaired) electrons. The monoisotopic (exact) mass is 280 g/mol. The summed E-state index contributed by atoms with van der Waals surface area (Å²) in [5.41, 5.74) is 0.688. The average molecular weight is 280 g/mol. The van der Waals surface area contributed by atoms with Gasteiger partial charge in [-0.2, -0.15) is 0 Å². The van der Waals surface area contributed by atoms with Crippen molar-refractivity contribution in [2.24, 2.45) is 0 Å². The molecule has 0 saturated heterocycles. The van der Waals surface area contributed by atoms with E-state index in [1.54, 1.807) is 7.11 Å². The molecule has 0 aromatic heterocycles. The van der Waals surface area contributed by atoms with E-state index in [-0.39, 0.29) is 12.5 Å². The van der Waals surface area contributed by atoms with Crippen molar-refractivity contribution in [3.05, 3.63) is 24.3 Å². The number of anilines is 1. The molecule has 112 valence electrons. The number of hydrogen-bond donors (Lipinski definition) is 2. The summed E-state index contributed by atoms with van der Waals surface area (Å²) in [6, 6.07) is 7.35. The lowest BCUT2D eigenvalue weighted by Crippen LogP contribution is -2.29. The van der Waals surface area contributed by atoms with Gasteiger partial charge in [0.25, 0.3) is 0 Å². The highest BCUT2D eigenvalue weighted by atomic mass is 16.5. The van der Waals surface area contributed by atoms with Crippen LogP contribution in [0.15, 0.2) is 24.3 Å². The number of carbonyl (C=O) groups excluding carboxylic acids is 1. The van der Waals surface area contributed by atoms with Crippen LogP contribution in [0, 0.1) is 0 Å². The molecule has 0 aliphatic rings. The zero-order chi connectivity index (χ0) is 14.6. The number of methoxy groups -OCH3 is 1. The van der Waals surface area contributed by atoms with Gasteiger partial charge >= 0.3 is 0 Å². The second-order valence-electron chi connectivity index (χ2n) is 4.39. The van der Waals surface area contributed by atoms with Crippen molar-refractivity contribution in [2.45, 2.75) is 19.8 Å². The van der Waals surface area contributed by atoms with E-state index in [1.165, 1.54) is 0 Å². The molecule has 1 aromatic carbocycles. The van der Waals surface area contributed by atoms with E-state index in [0.29, 0.717) is 11.4 Å². The van der Waals surface area contributed by atoms with Gasteiger partial charge in [0.1, 0.15) is 5.75 Å². The Morgan fingerprint density at radius 3 is 2.80 bits per heavy atom. The first-order valence-electron chi connectivity index (χ1n) is 6.99. The lowest BCUT2D eigenvalue weighted by Gasteiger charge is -2.10. The molecule has 0 bridgehead atoms. The van der Waals surface area contributed by atoms with E-state index in [2.05, 4.69) is 17.6 Å². The number of carbonyl (C=O) groups is 1. The van der Waals surface area contributed by atoms with Crippen LogP contribution in [0.5, 0.6) is 5.75 Å². The molecule has 0 unspecified atom stereocenters. The second kappa shape index (κ2) is 10.2. The molecule has 0 spiro atoms. The van der Waals surface area contributed by atoms with Crippen LogP contribution in [0.4, 0.5) is 5.69 Å². The maximum absolute atomic E-state index is 11.8.